The van der Waals surface area contributed by atoms with Crippen LogP contribution in [0.3, 0.4) is 0 Å². The number of carbonyl (C=O) groups is 1. The van der Waals surface area contributed by atoms with Gasteiger partial charge < -0.3 is 4.90 Å². The summed E-state index contributed by atoms with van der Waals surface area (Å²) in [5.41, 5.74) is 0.364. The average Bonchev–Trinajstić information content (AvgIpc) is 2.67. The van der Waals surface area contributed by atoms with Gasteiger partial charge in [-0.3, -0.25) is 4.79 Å². The molecule has 0 spiro atoms. The lowest BCUT2D eigenvalue weighted by Gasteiger charge is -2.20. The van der Waals surface area contributed by atoms with Crippen molar-refractivity contribution >= 4 is 29.1 Å². The summed E-state index contributed by atoms with van der Waals surface area (Å²) in [6.07, 6.45) is 3.51. The number of hydrogen-bond acceptors (Lipinski definition) is 2. The second kappa shape index (κ2) is 4.60. The van der Waals surface area contributed by atoms with Gasteiger partial charge >= 0.3 is 0 Å². The Morgan fingerprint density at radius 3 is 2.81 bits per heavy atom. The number of pyridine rings is 1. The van der Waals surface area contributed by atoms with E-state index in [0.717, 1.165) is 19.4 Å². The molecule has 0 aliphatic carbocycles. The number of amides is 1. The number of hydrogen-bond donors (Lipinski definition) is 0. The second-order valence-corrected chi connectivity index (χ2v) is 4.79. The number of likely N-dealkylation sites (tertiary alicyclic amines) is 1. The molecule has 1 unspecified atom stereocenters. The van der Waals surface area contributed by atoms with Gasteiger partial charge in [0.15, 0.2) is 0 Å². The molecule has 0 saturated carbocycles. The SMILES string of the molecule is CC1CCCN1C(=O)c1cc(Cl)c(Cl)cn1. The highest BCUT2D eigenvalue weighted by molar-refractivity contribution is 6.42. The van der Waals surface area contributed by atoms with Crippen LogP contribution in [0.25, 0.3) is 0 Å². The summed E-state index contributed by atoms with van der Waals surface area (Å²) < 4.78 is 0. The molecule has 1 atom stereocenters. The first-order valence-electron chi connectivity index (χ1n) is 5.21. The Bertz CT molecular complexity index is 422. The molecule has 0 aromatic carbocycles. The van der Waals surface area contributed by atoms with Gasteiger partial charge in [0.25, 0.3) is 5.91 Å². The van der Waals surface area contributed by atoms with Gasteiger partial charge in [-0.15, -0.1) is 0 Å². The molecule has 5 heteroatoms. The van der Waals surface area contributed by atoms with Crippen molar-refractivity contribution in [2.24, 2.45) is 0 Å². The molecule has 0 bridgehead atoms. The number of aromatic nitrogens is 1. The molecule has 3 nitrogen and oxygen atoms in total. The van der Waals surface area contributed by atoms with E-state index < -0.39 is 0 Å². The smallest absolute Gasteiger partial charge is 0.272 e. The third-order valence-electron chi connectivity index (χ3n) is 2.84. The summed E-state index contributed by atoms with van der Waals surface area (Å²) in [5.74, 6) is -0.0661. The third kappa shape index (κ3) is 2.15. The first-order chi connectivity index (χ1) is 7.59. The average molecular weight is 259 g/mol. The van der Waals surface area contributed by atoms with E-state index in [2.05, 4.69) is 4.98 Å². The van der Waals surface area contributed by atoms with Crippen LogP contribution in [0.4, 0.5) is 0 Å². The van der Waals surface area contributed by atoms with E-state index >= 15 is 0 Å². The van der Waals surface area contributed by atoms with E-state index in [1.54, 1.807) is 0 Å². The Kier molecular flexibility index (Phi) is 3.36. The van der Waals surface area contributed by atoms with Crippen molar-refractivity contribution in [1.29, 1.82) is 0 Å². The van der Waals surface area contributed by atoms with Crippen molar-refractivity contribution in [3.63, 3.8) is 0 Å². The lowest BCUT2D eigenvalue weighted by Crippen LogP contribution is -2.34. The summed E-state index contributed by atoms with van der Waals surface area (Å²) in [4.78, 5) is 17.9. The highest BCUT2D eigenvalue weighted by atomic mass is 35.5. The quantitative estimate of drug-likeness (QED) is 0.776. The lowest BCUT2D eigenvalue weighted by molar-refractivity contribution is 0.0741. The fourth-order valence-corrected chi connectivity index (χ4v) is 2.17. The summed E-state index contributed by atoms with van der Waals surface area (Å²) in [6.45, 7) is 2.84. The van der Waals surface area contributed by atoms with Crippen LogP contribution in [0.1, 0.15) is 30.3 Å². The van der Waals surface area contributed by atoms with Gasteiger partial charge in [0.05, 0.1) is 10.0 Å². The number of halogens is 2. The molecule has 1 aromatic heterocycles. The van der Waals surface area contributed by atoms with E-state index in [1.807, 2.05) is 11.8 Å². The predicted octanol–water partition coefficient (Wildman–Crippen LogP) is 3.01. The summed E-state index contributed by atoms with van der Waals surface area (Å²) in [6, 6.07) is 1.81. The first-order valence-corrected chi connectivity index (χ1v) is 5.97. The van der Waals surface area contributed by atoms with Crippen molar-refractivity contribution in [3.8, 4) is 0 Å². The van der Waals surface area contributed by atoms with Crippen LogP contribution in [-0.2, 0) is 0 Å². The van der Waals surface area contributed by atoms with Gasteiger partial charge in [0.2, 0.25) is 0 Å². The van der Waals surface area contributed by atoms with Crippen molar-refractivity contribution in [2.75, 3.05) is 6.54 Å². The lowest BCUT2D eigenvalue weighted by atomic mass is 10.2. The minimum atomic E-state index is -0.0661. The van der Waals surface area contributed by atoms with Gasteiger partial charge in [0.1, 0.15) is 5.69 Å². The minimum Gasteiger partial charge on any atom is -0.335 e. The zero-order valence-electron chi connectivity index (χ0n) is 8.91. The van der Waals surface area contributed by atoms with Crippen LogP contribution in [-0.4, -0.2) is 28.4 Å². The van der Waals surface area contributed by atoms with E-state index in [4.69, 9.17) is 23.2 Å². The molecular formula is C11H12Cl2N2O. The first kappa shape index (κ1) is 11.7. The highest BCUT2D eigenvalue weighted by Crippen LogP contribution is 2.23. The Morgan fingerprint density at radius 1 is 1.50 bits per heavy atom. The predicted molar refractivity (Wildman–Crippen MR) is 64.0 cm³/mol. The van der Waals surface area contributed by atoms with Gasteiger partial charge in [-0.25, -0.2) is 4.98 Å². The fourth-order valence-electron chi connectivity index (χ4n) is 1.91. The summed E-state index contributed by atoms with van der Waals surface area (Å²) in [7, 11) is 0. The molecular weight excluding hydrogens is 247 g/mol. The van der Waals surface area contributed by atoms with Crippen LogP contribution in [0, 0.1) is 0 Å². The van der Waals surface area contributed by atoms with Crippen LogP contribution in [0.15, 0.2) is 12.3 Å². The van der Waals surface area contributed by atoms with Crippen LogP contribution >= 0.6 is 23.2 Å². The minimum absolute atomic E-state index is 0.0661. The van der Waals surface area contributed by atoms with Gasteiger partial charge in [-0.2, -0.15) is 0 Å². The molecule has 0 N–H and O–H groups in total. The molecule has 2 heterocycles. The van der Waals surface area contributed by atoms with Crippen molar-refractivity contribution in [2.45, 2.75) is 25.8 Å². The molecule has 2 rings (SSSR count). The van der Waals surface area contributed by atoms with Gasteiger partial charge in [0, 0.05) is 18.8 Å². The largest absolute Gasteiger partial charge is 0.335 e. The van der Waals surface area contributed by atoms with Gasteiger partial charge in [-0.1, -0.05) is 23.2 Å². The highest BCUT2D eigenvalue weighted by Gasteiger charge is 2.26. The van der Waals surface area contributed by atoms with Crippen LogP contribution in [0.2, 0.25) is 10.0 Å². The summed E-state index contributed by atoms with van der Waals surface area (Å²) >= 11 is 11.6. The molecule has 1 fully saturated rings. The molecule has 86 valence electrons. The normalized spacial score (nSPS) is 20.2. The fraction of sp³-hybridized carbons (Fsp3) is 0.455. The molecule has 0 radical (unpaired) electrons. The molecule has 1 saturated heterocycles. The van der Waals surface area contributed by atoms with Crippen LogP contribution in [0.5, 0.6) is 0 Å². The van der Waals surface area contributed by atoms with E-state index in [9.17, 15) is 4.79 Å². The van der Waals surface area contributed by atoms with E-state index in [1.165, 1.54) is 12.3 Å². The van der Waals surface area contributed by atoms with Crippen molar-refractivity contribution < 1.29 is 4.79 Å². The standard InChI is InChI=1S/C11H12Cl2N2O/c1-7-3-2-4-15(7)11(16)10-5-8(12)9(13)6-14-10/h5-7H,2-4H2,1H3. The van der Waals surface area contributed by atoms with Gasteiger partial charge in [-0.05, 0) is 25.8 Å². The number of nitrogens with zero attached hydrogens (tertiary/aromatic N) is 2. The van der Waals surface area contributed by atoms with Crippen molar-refractivity contribution in [3.05, 3.63) is 28.0 Å². The number of carbonyl (C=O) groups excluding carboxylic acids is 1. The molecule has 16 heavy (non-hydrogen) atoms. The Hall–Kier alpha value is -0.800. The number of rotatable bonds is 1. The maximum atomic E-state index is 12.1. The zero-order valence-corrected chi connectivity index (χ0v) is 10.4. The Morgan fingerprint density at radius 2 is 2.25 bits per heavy atom. The topological polar surface area (TPSA) is 33.2 Å². The Balaban J connectivity index is 2.23. The second-order valence-electron chi connectivity index (χ2n) is 3.97. The Labute approximate surface area is 104 Å². The molecule has 1 aliphatic rings. The maximum absolute atomic E-state index is 12.1. The monoisotopic (exact) mass is 258 g/mol. The van der Waals surface area contributed by atoms with E-state index in [-0.39, 0.29) is 11.9 Å². The van der Waals surface area contributed by atoms with Crippen molar-refractivity contribution in [1.82, 2.24) is 9.88 Å². The molecule has 1 aliphatic heterocycles. The molecule has 1 aromatic rings. The maximum Gasteiger partial charge on any atom is 0.272 e. The third-order valence-corrected chi connectivity index (χ3v) is 3.55. The zero-order chi connectivity index (χ0) is 11.7. The van der Waals surface area contributed by atoms with Crippen LogP contribution < -0.4 is 0 Å². The van der Waals surface area contributed by atoms with E-state index in [0.29, 0.717) is 15.7 Å². The summed E-state index contributed by atoms with van der Waals surface area (Å²) in [5, 5.41) is 0.736. The molecule has 1 amide bonds.